The van der Waals surface area contributed by atoms with Gasteiger partial charge >= 0.3 is 0 Å². The van der Waals surface area contributed by atoms with Crippen molar-refractivity contribution in [2.75, 3.05) is 13.2 Å². The minimum atomic E-state index is -0.0131. The van der Waals surface area contributed by atoms with E-state index < -0.39 is 0 Å². The van der Waals surface area contributed by atoms with Crippen molar-refractivity contribution in [1.29, 1.82) is 0 Å². The first-order valence-corrected chi connectivity index (χ1v) is 10.1. The van der Waals surface area contributed by atoms with Gasteiger partial charge in [-0.1, -0.05) is 44.9 Å². The summed E-state index contributed by atoms with van der Waals surface area (Å²) in [6.45, 7) is 3.59. The van der Waals surface area contributed by atoms with Gasteiger partial charge in [0.1, 0.15) is 6.61 Å². The van der Waals surface area contributed by atoms with Gasteiger partial charge < -0.3 is 9.47 Å². The van der Waals surface area contributed by atoms with E-state index in [1.165, 1.54) is 57.8 Å². The van der Waals surface area contributed by atoms with Crippen LogP contribution in [0.4, 0.5) is 0 Å². The molecule has 1 atom stereocenters. The molecule has 0 saturated carbocycles. The molecule has 1 heterocycles. The van der Waals surface area contributed by atoms with Crippen LogP contribution in [0.25, 0.3) is 0 Å². The molecule has 1 fully saturated rings. The van der Waals surface area contributed by atoms with E-state index in [9.17, 15) is 0 Å². The van der Waals surface area contributed by atoms with E-state index in [1.54, 1.807) is 0 Å². The highest BCUT2D eigenvalue weighted by Gasteiger charge is 2.12. The molecule has 0 N–H and O–H groups in total. The monoisotopic (exact) mass is 332 g/mol. The minimum Gasteiger partial charge on any atom is -0.353 e. The highest BCUT2D eigenvalue weighted by molar-refractivity contribution is 4.99. The molecule has 1 aliphatic rings. The van der Waals surface area contributed by atoms with Crippen molar-refractivity contribution in [2.45, 2.75) is 103 Å². The lowest BCUT2D eigenvalue weighted by atomic mass is 10.1. The molecular weight excluding hydrogens is 296 g/mol. The van der Waals surface area contributed by atoms with Gasteiger partial charge in [0.15, 0.2) is 6.29 Å². The van der Waals surface area contributed by atoms with Gasteiger partial charge in [-0.05, 0) is 38.5 Å². The third-order valence-electron chi connectivity index (χ3n) is 4.24. The fourth-order valence-electron chi connectivity index (χ4n) is 2.71. The predicted molar refractivity (Wildman–Crippen MR) is 102 cm³/mol. The van der Waals surface area contributed by atoms with E-state index in [4.69, 9.17) is 9.47 Å². The summed E-state index contributed by atoms with van der Waals surface area (Å²) >= 11 is 0. The van der Waals surface area contributed by atoms with Gasteiger partial charge in [0, 0.05) is 25.9 Å². The van der Waals surface area contributed by atoms with E-state index in [1.807, 2.05) is 0 Å². The van der Waals surface area contributed by atoms with Gasteiger partial charge in [0.25, 0.3) is 0 Å². The van der Waals surface area contributed by atoms with Crippen molar-refractivity contribution < 1.29 is 9.47 Å². The molecule has 0 spiro atoms. The molecule has 1 rings (SSSR count). The second-order valence-electron chi connectivity index (χ2n) is 6.54. The van der Waals surface area contributed by atoms with Gasteiger partial charge in [0.05, 0.1) is 0 Å². The highest BCUT2D eigenvalue weighted by atomic mass is 16.7. The van der Waals surface area contributed by atoms with Crippen LogP contribution in [0.5, 0.6) is 0 Å². The van der Waals surface area contributed by atoms with Crippen LogP contribution < -0.4 is 0 Å². The van der Waals surface area contributed by atoms with E-state index >= 15 is 0 Å². The molecule has 1 unspecified atom stereocenters. The Kier molecular flexibility index (Phi) is 14.8. The molecule has 0 radical (unpaired) electrons. The fourth-order valence-corrected chi connectivity index (χ4v) is 2.71. The Hall–Kier alpha value is -0.960. The van der Waals surface area contributed by atoms with Gasteiger partial charge in [-0.3, -0.25) is 0 Å². The minimum absolute atomic E-state index is 0.0131. The smallest absolute Gasteiger partial charge is 0.158 e. The molecule has 1 saturated heterocycles. The summed E-state index contributed by atoms with van der Waals surface area (Å²) in [5.74, 6) is 12.9. The van der Waals surface area contributed by atoms with Crippen molar-refractivity contribution >= 4 is 0 Å². The van der Waals surface area contributed by atoms with Crippen LogP contribution in [0.15, 0.2) is 0 Å². The van der Waals surface area contributed by atoms with Crippen molar-refractivity contribution in [3.05, 3.63) is 0 Å². The van der Waals surface area contributed by atoms with Gasteiger partial charge in [-0.25, -0.2) is 0 Å². The Bertz CT molecular complexity index is 388. The van der Waals surface area contributed by atoms with Gasteiger partial charge in [0.2, 0.25) is 0 Å². The number of ether oxygens (including phenoxy) is 2. The summed E-state index contributed by atoms with van der Waals surface area (Å²) in [5.41, 5.74) is 0. The molecule has 0 amide bonds. The summed E-state index contributed by atoms with van der Waals surface area (Å²) in [7, 11) is 0. The van der Waals surface area contributed by atoms with Gasteiger partial charge in [-0.15, -0.1) is 17.8 Å². The average molecular weight is 333 g/mol. The molecule has 0 aromatic heterocycles. The maximum absolute atomic E-state index is 5.59. The summed E-state index contributed by atoms with van der Waals surface area (Å²) < 4.78 is 11.1. The fraction of sp³-hybridized carbons (Fsp3) is 0.818. The van der Waals surface area contributed by atoms with Crippen molar-refractivity contribution in [3.8, 4) is 23.7 Å². The predicted octanol–water partition coefficient (Wildman–Crippen LogP) is 5.85. The van der Waals surface area contributed by atoms with Crippen LogP contribution in [0.3, 0.4) is 0 Å². The van der Waals surface area contributed by atoms with Gasteiger partial charge in [-0.2, -0.15) is 0 Å². The van der Waals surface area contributed by atoms with Crippen LogP contribution in [-0.2, 0) is 9.47 Å². The molecule has 2 heteroatoms. The lowest BCUT2D eigenvalue weighted by Crippen LogP contribution is -2.22. The first-order valence-electron chi connectivity index (χ1n) is 10.1. The quantitative estimate of drug-likeness (QED) is 0.349. The van der Waals surface area contributed by atoms with Crippen molar-refractivity contribution in [2.24, 2.45) is 0 Å². The Labute approximate surface area is 150 Å². The molecule has 0 bridgehead atoms. The molecule has 24 heavy (non-hydrogen) atoms. The van der Waals surface area contributed by atoms with E-state index in [-0.39, 0.29) is 6.29 Å². The van der Waals surface area contributed by atoms with Crippen LogP contribution in [-0.4, -0.2) is 19.5 Å². The van der Waals surface area contributed by atoms with Crippen molar-refractivity contribution in [3.63, 3.8) is 0 Å². The maximum Gasteiger partial charge on any atom is 0.158 e. The maximum atomic E-state index is 5.59. The number of rotatable bonds is 11. The largest absolute Gasteiger partial charge is 0.353 e. The molecule has 2 nitrogen and oxygen atoms in total. The normalized spacial score (nSPS) is 16.8. The molecule has 1 aliphatic heterocycles. The third-order valence-corrected chi connectivity index (χ3v) is 4.24. The molecule has 0 aromatic rings. The molecular formula is C22H36O2. The van der Waals surface area contributed by atoms with Crippen molar-refractivity contribution in [1.82, 2.24) is 0 Å². The third kappa shape index (κ3) is 13.5. The zero-order chi connectivity index (χ0) is 17.1. The first-order chi connectivity index (χ1) is 11.9. The second kappa shape index (κ2) is 16.9. The zero-order valence-corrected chi connectivity index (χ0v) is 15.7. The summed E-state index contributed by atoms with van der Waals surface area (Å²) in [6.07, 6.45) is 16.7. The Morgan fingerprint density at radius 1 is 0.792 bits per heavy atom. The van der Waals surface area contributed by atoms with E-state index in [0.29, 0.717) is 6.61 Å². The van der Waals surface area contributed by atoms with Crippen LogP contribution >= 0.6 is 0 Å². The Balaban J connectivity index is 1.80. The lowest BCUT2D eigenvalue weighted by molar-refractivity contribution is -0.154. The molecule has 0 aliphatic carbocycles. The molecule has 0 aromatic carbocycles. The SMILES string of the molecule is CCCCCCC#CCCCCCCC#CCOC1CCCCO1. The summed E-state index contributed by atoms with van der Waals surface area (Å²) in [5, 5.41) is 0. The number of hydrogen-bond acceptors (Lipinski definition) is 2. The second-order valence-corrected chi connectivity index (χ2v) is 6.54. The summed E-state index contributed by atoms with van der Waals surface area (Å²) in [4.78, 5) is 0. The van der Waals surface area contributed by atoms with E-state index in [0.717, 1.165) is 38.7 Å². The van der Waals surface area contributed by atoms with Crippen LogP contribution in [0, 0.1) is 23.7 Å². The molecule has 136 valence electrons. The Morgan fingerprint density at radius 2 is 1.42 bits per heavy atom. The zero-order valence-electron chi connectivity index (χ0n) is 15.7. The first kappa shape index (κ1) is 21.1. The number of hydrogen-bond donors (Lipinski definition) is 0. The average Bonchev–Trinajstić information content (AvgIpc) is 2.62. The number of unbranched alkanes of at least 4 members (excludes halogenated alkanes) is 9. The Morgan fingerprint density at radius 3 is 2.00 bits per heavy atom. The topological polar surface area (TPSA) is 18.5 Å². The highest BCUT2D eigenvalue weighted by Crippen LogP contribution is 2.13. The lowest BCUT2D eigenvalue weighted by Gasteiger charge is -2.21. The van der Waals surface area contributed by atoms with E-state index in [2.05, 4.69) is 30.6 Å². The van der Waals surface area contributed by atoms with Crippen LogP contribution in [0.2, 0.25) is 0 Å². The van der Waals surface area contributed by atoms with Crippen LogP contribution in [0.1, 0.15) is 96.8 Å². The summed E-state index contributed by atoms with van der Waals surface area (Å²) in [6, 6.07) is 0. The standard InChI is InChI=1S/C22H36O2/c1-2-3-4-5-6-7-8-9-10-11-12-13-14-15-17-20-23-22-19-16-18-21-24-22/h22H,2-6,9-14,16,18-21H2,1H3.